The van der Waals surface area contributed by atoms with Crippen LogP contribution in [0, 0.1) is 0 Å². The van der Waals surface area contributed by atoms with Gasteiger partial charge in [0, 0.05) is 35.8 Å². The molecule has 1 fully saturated rings. The maximum Gasteiger partial charge on any atom is 0.234 e. The van der Waals surface area contributed by atoms with Crippen molar-refractivity contribution in [2.24, 2.45) is 5.73 Å². The van der Waals surface area contributed by atoms with Crippen molar-refractivity contribution in [2.45, 2.75) is 24.4 Å². The second-order valence-corrected chi connectivity index (χ2v) is 7.17. The van der Waals surface area contributed by atoms with Crippen molar-refractivity contribution in [3.05, 3.63) is 48.0 Å². The fourth-order valence-corrected chi connectivity index (χ4v) is 3.74. The molecule has 132 valence electrons. The molecule has 1 aliphatic carbocycles. The van der Waals surface area contributed by atoms with Crippen LogP contribution in [0.5, 0.6) is 0 Å². The number of halogens is 1. The van der Waals surface area contributed by atoms with Gasteiger partial charge in [0.2, 0.25) is 5.78 Å². The van der Waals surface area contributed by atoms with Gasteiger partial charge >= 0.3 is 0 Å². The summed E-state index contributed by atoms with van der Waals surface area (Å²) in [5, 5.41) is 8.40. The molecule has 0 atom stereocenters. The zero-order valence-corrected chi connectivity index (χ0v) is 14.9. The van der Waals surface area contributed by atoms with Gasteiger partial charge in [-0.2, -0.15) is 5.10 Å². The van der Waals surface area contributed by atoms with Crippen LogP contribution in [0.4, 0.5) is 0 Å². The molecule has 5 rings (SSSR count). The van der Waals surface area contributed by atoms with Crippen LogP contribution in [-0.4, -0.2) is 42.1 Å². The Morgan fingerprint density at radius 3 is 2.85 bits per heavy atom. The van der Waals surface area contributed by atoms with E-state index in [1.807, 2.05) is 36.2 Å². The molecule has 4 aromatic rings. The average Bonchev–Trinajstić information content (AvgIpc) is 3.22. The first kappa shape index (κ1) is 15.7. The fourth-order valence-electron chi connectivity index (χ4n) is 3.56. The largest absolute Gasteiger partial charge is 0.319 e. The standard InChI is InChI=1S/C17H17ClN8/c1-20-11-4-17(19,5-11)15-21-7-13-12(2-3-26(13)24-15)10-6-22-16-23-8-14(18)25(16)9-10/h2-3,6-9,11,20H,4-5,19H2,1H3. The van der Waals surface area contributed by atoms with Gasteiger partial charge in [-0.15, -0.1) is 0 Å². The van der Waals surface area contributed by atoms with Crippen LogP contribution in [0.1, 0.15) is 18.7 Å². The number of rotatable bonds is 3. The lowest BCUT2D eigenvalue weighted by Gasteiger charge is -2.43. The van der Waals surface area contributed by atoms with E-state index in [1.165, 1.54) is 0 Å². The van der Waals surface area contributed by atoms with Crippen LogP contribution >= 0.6 is 11.6 Å². The normalized spacial score (nSPS) is 22.8. The molecule has 4 aromatic heterocycles. The molecule has 0 saturated heterocycles. The molecule has 0 radical (unpaired) electrons. The van der Waals surface area contributed by atoms with Crippen LogP contribution in [0.25, 0.3) is 22.4 Å². The summed E-state index contributed by atoms with van der Waals surface area (Å²) in [5.41, 5.74) is 8.77. The van der Waals surface area contributed by atoms with Gasteiger partial charge in [-0.05, 0) is 26.0 Å². The molecule has 0 unspecified atom stereocenters. The molecule has 0 aliphatic heterocycles. The number of nitrogens with one attached hydrogen (secondary N) is 1. The second-order valence-electron chi connectivity index (χ2n) is 6.78. The summed E-state index contributed by atoms with van der Waals surface area (Å²) in [5.74, 6) is 1.24. The minimum Gasteiger partial charge on any atom is -0.319 e. The number of nitrogens with zero attached hydrogens (tertiary/aromatic N) is 6. The molecule has 1 saturated carbocycles. The Morgan fingerprint density at radius 2 is 2.04 bits per heavy atom. The van der Waals surface area contributed by atoms with E-state index in [0.29, 0.717) is 22.8 Å². The van der Waals surface area contributed by atoms with Gasteiger partial charge in [-0.1, -0.05) is 11.6 Å². The monoisotopic (exact) mass is 368 g/mol. The quantitative estimate of drug-likeness (QED) is 0.570. The zero-order valence-electron chi connectivity index (χ0n) is 14.1. The molecule has 4 heterocycles. The molecule has 3 N–H and O–H groups in total. The van der Waals surface area contributed by atoms with E-state index in [2.05, 4.69) is 25.4 Å². The molecular formula is C17H17ClN8. The molecular weight excluding hydrogens is 352 g/mol. The Kier molecular flexibility index (Phi) is 3.30. The molecule has 0 spiro atoms. The van der Waals surface area contributed by atoms with Crippen molar-refractivity contribution < 1.29 is 0 Å². The van der Waals surface area contributed by atoms with E-state index in [-0.39, 0.29) is 0 Å². The third-order valence-electron chi connectivity index (χ3n) is 5.12. The lowest BCUT2D eigenvalue weighted by atomic mass is 9.73. The van der Waals surface area contributed by atoms with E-state index in [0.717, 1.165) is 29.5 Å². The smallest absolute Gasteiger partial charge is 0.234 e. The van der Waals surface area contributed by atoms with Crippen molar-refractivity contribution in [2.75, 3.05) is 7.05 Å². The number of aromatic nitrogens is 6. The van der Waals surface area contributed by atoms with E-state index in [1.54, 1.807) is 16.8 Å². The molecule has 0 bridgehead atoms. The third-order valence-corrected chi connectivity index (χ3v) is 5.40. The molecule has 26 heavy (non-hydrogen) atoms. The van der Waals surface area contributed by atoms with E-state index >= 15 is 0 Å². The Hall–Kier alpha value is -2.55. The fraction of sp³-hybridized carbons (Fsp3) is 0.294. The van der Waals surface area contributed by atoms with Gasteiger partial charge in [0.15, 0.2) is 5.82 Å². The van der Waals surface area contributed by atoms with Gasteiger partial charge in [0.05, 0.1) is 23.4 Å². The SMILES string of the molecule is CNC1CC(N)(c2ncc3c(-c4cnc5ncc(Cl)n5c4)ccn3n2)C1. The first-order valence-corrected chi connectivity index (χ1v) is 8.75. The molecule has 8 nitrogen and oxygen atoms in total. The van der Waals surface area contributed by atoms with Gasteiger partial charge in [-0.3, -0.25) is 4.40 Å². The molecule has 1 aliphatic rings. The van der Waals surface area contributed by atoms with E-state index in [4.69, 9.17) is 17.3 Å². The zero-order chi connectivity index (χ0) is 17.9. The molecule has 9 heteroatoms. The van der Waals surface area contributed by atoms with Crippen LogP contribution in [0.3, 0.4) is 0 Å². The predicted molar refractivity (Wildman–Crippen MR) is 97.9 cm³/mol. The van der Waals surface area contributed by atoms with Gasteiger partial charge in [0.1, 0.15) is 5.15 Å². The van der Waals surface area contributed by atoms with Crippen molar-refractivity contribution in [3.8, 4) is 11.1 Å². The summed E-state index contributed by atoms with van der Waals surface area (Å²) in [6, 6.07) is 2.42. The minimum absolute atomic E-state index is 0.428. The lowest BCUT2D eigenvalue weighted by Crippen LogP contribution is -2.57. The summed E-state index contributed by atoms with van der Waals surface area (Å²) < 4.78 is 3.56. The third kappa shape index (κ3) is 2.23. The first-order valence-electron chi connectivity index (χ1n) is 8.37. The van der Waals surface area contributed by atoms with Gasteiger partial charge in [-0.25, -0.2) is 19.5 Å². The van der Waals surface area contributed by atoms with Crippen molar-refractivity contribution in [1.29, 1.82) is 0 Å². The minimum atomic E-state index is -0.461. The number of imidazole rings is 1. The Bertz CT molecular complexity index is 1120. The van der Waals surface area contributed by atoms with Gasteiger partial charge in [0.25, 0.3) is 0 Å². The number of nitrogens with two attached hydrogens (primary N) is 1. The first-order chi connectivity index (χ1) is 12.6. The number of fused-ring (bicyclic) bond motifs is 2. The summed E-state index contributed by atoms with van der Waals surface area (Å²) in [4.78, 5) is 13.0. The maximum atomic E-state index is 6.45. The van der Waals surface area contributed by atoms with E-state index in [9.17, 15) is 0 Å². The highest BCUT2D eigenvalue weighted by atomic mass is 35.5. The highest BCUT2D eigenvalue weighted by Gasteiger charge is 2.44. The summed E-state index contributed by atoms with van der Waals surface area (Å²) >= 11 is 6.15. The second kappa shape index (κ2) is 5.47. The molecule has 0 aromatic carbocycles. The van der Waals surface area contributed by atoms with Crippen LogP contribution < -0.4 is 11.1 Å². The Labute approximate surface area is 154 Å². The topological polar surface area (TPSA) is 98.4 Å². The van der Waals surface area contributed by atoms with Crippen LogP contribution in [0.2, 0.25) is 5.15 Å². The summed E-state index contributed by atoms with van der Waals surface area (Å²) in [7, 11) is 1.95. The predicted octanol–water partition coefficient (Wildman–Crippen LogP) is 1.63. The summed E-state index contributed by atoms with van der Waals surface area (Å²) in [6.45, 7) is 0. The van der Waals surface area contributed by atoms with Crippen molar-refractivity contribution in [1.82, 2.24) is 34.3 Å². The summed E-state index contributed by atoms with van der Waals surface area (Å²) in [6.07, 6.45) is 10.7. The maximum absolute atomic E-state index is 6.45. The van der Waals surface area contributed by atoms with Crippen molar-refractivity contribution in [3.63, 3.8) is 0 Å². The Balaban J connectivity index is 1.56. The highest BCUT2D eigenvalue weighted by Crippen LogP contribution is 2.37. The number of hydrogen-bond acceptors (Lipinski definition) is 6. The van der Waals surface area contributed by atoms with Gasteiger partial charge < -0.3 is 11.1 Å². The van der Waals surface area contributed by atoms with E-state index < -0.39 is 5.54 Å². The van der Waals surface area contributed by atoms with Crippen LogP contribution in [0.15, 0.2) is 37.1 Å². The highest BCUT2D eigenvalue weighted by molar-refractivity contribution is 6.29. The van der Waals surface area contributed by atoms with Crippen molar-refractivity contribution >= 4 is 22.9 Å². The number of hydrogen-bond donors (Lipinski definition) is 2. The average molecular weight is 369 g/mol. The molecule has 0 amide bonds. The Morgan fingerprint density at radius 1 is 1.23 bits per heavy atom. The van der Waals surface area contributed by atoms with Crippen LogP contribution in [-0.2, 0) is 5.54 Å². The lowest BCUT2D eigenvalue weighted by molar-refractivity contribution is 0.172.